The predicted octanol–water partition coefficient (Wildman–Crippen LogP) is 1.94. The van der Waals surface area contributed by atoms with Crippen LogP contribution in [-0.4, -0.2) is 34.5 Å². The monoisotopic (exact) mass is 363 g/mol. The number of hydrogen-bond donors (Lipinski definition) is 1. The van der Waals surface area contributed by atoms with Gasteiger partial charge in [0.1, 0.15) is 4.21 Å². The molecule has 0 spiro atoms. The van der Waals surface area contributed by atoms with E-state index in [1.807, 2.05) is 17.6 Å². The van der Waals surface area contributed by atoms with E-state index < -0.39 is 10.0 Å². The number of hydrogen-bond acceptors (Lipinski definition) is 6. The molecule has 3 aromatic rings. The van der Waals surface area contributed by atoms with Crippen LogP contribution in [0.25, 0.3) is 11.6 Å². The van der Waals surface area contributed by atoms with Crippen molar-refractivity contribution in [3.63, 3.8) is 0 Å². The molecule has 24 heavy (non-hydrogen) atoms. The molecule has 0 aromatic carbocycles. The molecule has 0 aliphatic rings. The first-order valence-corrected chi connectivity index (χ1v) is 9.77. The van der Waals surface area contributed by atoms with Crippen molar-refractivity contribution in [2.45, 2.75) is 24.1 Å². The minimum atomic E-state index is -3.48. The van der Waals surface area contributed by atoms with Gasteiger partial charge < -0.3 is 4.57 Å². The first-order valence-electron chi connectivity index (χ1n) is 7.47. The lowest BCUT2D eigenvalue weighted by Crippen LogP contribution is -2.27. The summed E-state index contributed by atoms with van der Waals surface area (Å²) in [6.45, 7) is 2.71. The zero-order chi connectivity index (χ0) is 17.0. The Morgan fingerprint density at radius 2 is 1.96 bits per heavy atom. The van der Waals surface area contributed by atoms with Gasteiger partial charge in [-0.3, -0.25) is 0 Å². The van der Waals surface area contributed by atoms with Gasteiger partial charge in [-0.15, -0.1) is 11.3 Å². The molecule has 7 nitrogen and oxygen atoms in total. The van der Waals surface area contributed by atoms with Gasteiger partial charge in [0.2, 0.25) is 10.0 Å². The number of aromatic nitrogens is 4. The zero-order valence-corrected chi connectivity index (χ0v) is 14.7. The topological polar surface area (TPSA) is 89.8 Å². The molecule has 3 aromatic heterocycles. The third kappa shape index (κ3) is 3.69. The number of nitrogens with zero attached hydrogens (tertiary/aromatic N) is 4. The molecule has 0 radical (unpaired) electrons. The molecule has 0 atom stereocenters. The van der Waals surface area contributed by atoms with E-state index in [0.29, 0.717) is 22.4 Å². The maximum atomic E-state index is 12.3. The summed E-state index contributed by atoms with van der Waals surface area (Å²) in [5, 5.41) is 0. The van der Waals surface area contributed by atoms with Crippen LogP contribution >= 0.6 is 11.3 Å². The van der Waals surface area contributed by atoms with E-state index in [0.717, 1.165) is 11.3 Å². The van der Waals surface area contributed by atoms with Crippen molar-refractivity contribution in [3.05, 3.63) is 47.9 Å². The highest BCUT2D eigenvalue weighted by Gasteiger charge is 2.16. The molecule has 126 valence electrons. The fourth-order valence-corrected chi connectivity index (χ4v) is 4.54. The molecule has 0 aliphatic heterocycles. The standard InChI is InChI=1S/C15H17N5O2S2/c1-2-12-4-5-13(23-12)24(21,22)19-9-11-20-10-8-18-15(20)14-16-6-3-7-17-14/h3-8,10,19H,2,9,11H2,1H3. The van der Waals surface area contributed by atoms with Gasteiger partial charge in [0.15, 0.2) is 11.6 Å². The van der Waals surface area contributed by atoms with Gasteiger partial charge in [0.25, 0.3) is 0 Å². The van der Waals surface area contributed by atoms with Gasteiger partial charge >= 0.3 is 0 Å². The van der Waals surface area contributed by atoms with Crippen molar-refractivity contribution >= 4 is 21.4 Å². The first kappa shape index (κ1) is 16.7. The lowest BCUT2D eigenvalue weighted by molar-refractivity contribution is 0.575. The van der Waals surface area contributed by atoms with E-state index in [-0.39, 0.29) is 6.54 Å². The fraction of sp³-hybridized carbons (Fsp3) is 0.267. The number of sulfonamides is 1. The lowest BCUT2D eigenvalue weighted by Gasteiger charge is -2.08. The van der Waals surface area contributed by atoms with Crippen molar-refractivity contribution in [1.29, 1.82) is 0 Å². The minimum Gasteiger partial charge on any atom is -0.327 e. The van der Waals surface area contributed by atoms with Crippen LogP contribution in [0.2, 0.25) is 0 Å². The Kier molecular flexibility index (Phi) is 5.03. The van der Waals surface area contributed by atoms with Crippen LogP contribution in [0.15, 0.2) is 47.2 Å². The van der Waals surface area contributed by atoms with Gasteiger partial charge in [-0.25, -0.2) is 28.1 Å². The molecular formula is C15H17N5O2S2. The molecule has 3 rings (SSSR count). The highest BCUT2D eigenvalue weighted by atomic mass is 32.2. The maximum Gasteiger partial charge on any atom is 0.250 e. The Morgan fingerprint density at radius 3 is 2.67 bits per heavy atom. The summed E-state index contributed by atoms with van der Waals surface area (Å²) >= 11 is 1.30. The summed E-state index contributed by atoms with van der Waals surface area (Å²) in [5.41, 5.74) is 0. The average Bonchev–Trinajstić information content (AvgIpc) is 3.25. The van der Waals surface area contributed by atoms with Gasteiger partial charge in [-0.1, -0.05) is 6.92 Å². The molecular weight excluding hydrogens is 346 g/mol. The molecule has 9 heteroatoms. The molecule has 0 saturated heterocycles. The van der Waals surface area contributed by atoms with Crippen molar-refractivity contribution in [2.24, 2.45) is 0 Å². The second-order valence-corrected chi connectivity index (χ2v) is 8.15. The Labute approximate surface area is 144 Å². The molecule has 0 fully saturated rings. The quantitative estimate of drug-likeness (QED) is 0.693. The lowest BCUT2D eigenvalue weighted by atomic mass is 10.4. The van der Waals surface area contributed by atoms with Crippen LogP contribution < -0.4 is 4.72 Å². The SMILES string of the molecule is CCc1ccc(S(=O)(=O)NCCn2ccnc2-c2ncccn2)s1. The predicted molar refractivity (Wildman–Crippen MR) is 92.1 cm³/mol. The van der Waals surface area contributed by atoms with E-state index in [4.69, 9.17) is 0 Å². The van der Waals surface area contributed by atoms with Gasteiger partial charge in [-0.05, 0) is 24.6 Å². The minimum absolute atomic E-state index is 0.262. The van der Waals surface area contributed by atoms with Crippen LogP contribution in [0.1, 0.15) is 11.8 Å². The van der Waals surface area contributed by atoms with Gasteiger partial charge in [0, 0.05) is 42.8 Å². The van der Waals surface area contributed by atoms with Crippen LogP contribution in [0.4, 0.5) is 0 Å². The zero-order valence-electron chi connectivity index (χ0n) is 13.1. The Hall–Kier alpha value is -2.10. The van der Waals surface area contributed by atoms with E-state index in [2.05, 4.69) is 19.7 Å². The van der Waals surface area contributed by atoms with E-state index in [1.54, 1.807) is 36.9 Å². The fourth-order valence-electron chi connectivity index (χ4n) is 2.17. The average molecular weight is 363 g/mol. The molecule has 0 aliphatic carbocycles. The molecule has 0 bridgehead atoms. The third-order valence-corrected chi connectivity index (χ3v) is 6.56. The summed E-state index contributed by atoms with van der Waals surface area (Å²) < 4.78 is 29.4. The maximum absolute atomic E-state index is 12.3. The second-order valence-electron chi connectivity index (χ2n) is 4.99. The van der Waals surface area contributed by atoms with Crippen LogP contribution in [-0.2, 0) is 23.0 Å². The molecule has 3 heterocycles. The number of nitrogens with one attached hydrogen (secondary N) is 1. The number of rotatable bonds is 7. The van der Waals surface area contributed by atoms with Crippen LogP contribution in [0.3, 0.4) is 0 Å². The molecule has 0 unspecified atom stereocenters. The normalized spacial score (nSPS) is 11.7. The summed E-state index contributed by atoms with van der Waals surface area (Å²) in [6, 6.07) is 5.22. The first-order chi connectivity index (χ1) is 11.6. The molecule has 1 N–H and O–H groups in total. The number of thiophene rings is 1. The van der Waals surface area contributed by atoms with Crippen LogP contribution in [0.5, 0.6) is 0 Å². The van der Waals surface area contributed by atoms with E-state index >= 15 is 0 Å². The summed E-state index contributed by atoms with van der Waals surface area (Å²) in [4.78, 5) is 13.6. The highest BCUT2D eigenvalue weighted by Crippen LogP contribution is 2.21. The summed E-state index contributed by atoms with van der Waals surface area (Å²) in [7, 11) is -3.48. The summed E-state index contributed by atoms with van der Waals surface area (Å²) in [5.74, 6) is 1.12. The van der Waals surface area contributed by atoms with Crippen LogP contribution in [0, 0.1) is 0 Å². The summed E-state index contributed by atoms with van der Waals surface area (Å²) in [6.07, 6.45) is 7.54. The second kappa shape index (κ2) is 7.20. The Balaban J connectivity index is 1.66. The van der Waals surface area contributed by atoms with Crippen molar-refractivity contribution in [2.75, 3.05) is 6.54 Å². The number of imidazole rings is 1. The van der Waals surface area contributed by atoms with Crippen molar-refractivity contribution < 1.29 is 8.42 Å². The molecule has 0 saturated carbocycles. The Morgan fingerprint density at radius 1 is 1.17 bits per heavy atom. The van der Waals surface area contributed by atoms with Gasteiger partial charge in [0.05, 0.1) is 0 Å². The van der Waals surface area contributed by atoms with Crippen molar-refractivity contribution in [1.82, 2.24) is 24.2 Å². The third-order valence-electron chi connectivity index (χ3n) is 3.38. The smallest absolute Gasteiger partial charge is 0.250 e. The highest BCUT2D eigenvalue weighted by molar-refractivity contribution is 7.91. The largest absolute Gasteiger partial charge is 0.327 e. The van der Waals surface area contributed by atoms with E-state index in [1.165, 1.54) is 11.3 Å². The number of aryl methyl sites for hydroxylation is 1. The van der Waals surface area contributed by atoms with Crippen molar-refractivity contribution in [3.8, 4) is 11.6 Å². The Bertz CT molecular complexity index is 903. The molecule has 0 amide bonds. The van der Waals surface area contributed by atoms with E-state index in [9.17, 15) is 8.42 Å². The van der Waals surface area contributed by atoms with Gasteiger partial charge in [-0.2, -0.15) is 0 Å².